The highest BCUT2D eigenvalue weighted by atomic mass is 35.5. The van der Waals surface area contributed by atoms with E-state index in [2.05, 4.69) is 0 Å². The fourth-order valence-corrected chi connectivity index (χ4v) is 2.69. The summed E-state index contributed by atoms with van der Waals surface area (Å²) in [4.78, 5) is 22.0. The number of hydrogen-bond donors (Lipinski definition) is 2. The Labute approximate surface area is 167 Å². The zero-order chi connectivity index (χ0) is 19.8. The molecule has 0 aromatic heterocycles. The summed E-state index contributed by atoms with van der Waals surface area (Å²) >= 11 is 11.9. The van der Waals surface area contributed by atoms with Gasteiger partial charge in [0, 0.05) is 16.5 Å². The van der Waals surface area contributed by atoms with E-state index in [-0.39, 0.29) is 6.42 Å². The van der Waals surface area contributed by atoms with Gasteiger partial charge in [0.2, 0.25) is 0 Å². The topological polar surface area (TPSA) is 74.6 Å². The number of Topliss-reactive ketones (excluding diaryl/α,β-unsaturated/α-hetero) is 1. The van der Waals surface area contributed by atoms with Crippen LogP contribution >= 0.6 is 23.2 Å². The quantitative estimate of drug-likeness (QED) is 0.490. The number of carboxylic acids is 1. The molecule has 0 bridgehead atoms. The molecule has 2 N–H and O–H groups in total. The number of aliphatic hydroxyl groups is 1. The molecule has 0 radical (unpaired) electrons. The highest BCUT2D eigenvalue weighted by Crippen LogP contribution is 2.26. The molecule has 0 saturated carbocycles. The molecule has 0 aliphatic rings. The number of carbonyl (C=O) groups excluding carboxylic acids is 1. The van der Waals surface area contributed by atoms with Crippen molar-refractivity contribution in [3.8, 4) is 0 Å². The molecule has 1 atom stereocenters. The van der Waals surface area contributed by atoms with Crippen LogP contribution < -0.4 is 0 Å². The van der Waals surface area contributed by atoms with Crippen molar-refractivity contribution in [3.05, 3.63) is 87.9 Å². The maximum atomic E-state index is 11.5. The van der Waals surface area contributed by atoms with E-state index in [1.54, 1.807) is 36.4 Å². The van der Waals surface area contributed by atoms with E-state index < -0.39 is 24.3 Å². The van der Waals surface area contributed by atoms with Gasteiger partial charge in [-0.3, -0.25) is 9.59 Å². The van der Waals surface area contributed by atoms with E-state index in [0.29, 0.717) is 10.0 Å². The Kier molecular flexibility index (Phi) is 7.80. The first-order valence-corrected chi connectivity index (χ1v) is 8.92. The van der Waals surface area contributed by atoms with Crippen LogP contribution in [-0.2, 0) is 9.59 Å². The molecule has 6 heteroatoms. The standard InChI is InChI=1S/C21H18Cl2O4/c22-16-8-4-14(5-9-16)20(15-6-10-17(23)11-7-15)3-1-2-18(24)12-19(25)13-21(26)27/h1-11,18,24H,12-13H2,(H,26,27). The molecule has 0 heterocycles. The van der Waals surface area contributed by atoms with Crippen LogP contribution in [0.1, 0.15) is 24.0 Å². The largest absolute Gasteiger partial charge is 0.481 e. The van der Waals surface area contributed by atoms with Crippen LogP contribution in [0.15, 0.2) is 66.8 Å². The number of aliphatic hydroxyl groups excluding tert-OH is 1. The monoisotopic (exact) mass is 404 g/mol. The second-order valence-electron chi connectivity index (χ2n) is 5.86. The molecule has 0 amide bonds. The summed E-state index contributed by atoms with van der Waals surface area (Å²) in [5, 5.41) is 19.7. The lowest BCUT2D eigenvalue weighted by Crippen LogP contribution is -2.14. The van der Waals surface area contributed by atoms with Crippen LogP contribution in [0.4, 0.5) is 0 Å². The first kappa shape index (κ1) is 20.9. The molecular formula is C21H18Cl2O4. The zero-order valence-corrected chi connectivity index (χ0v) is 15.8. The van der Waals surface area contributed by atoms with Gasteiger partial charge in [-0.1, -0.05) is 65.7 Å². The summed E-state index contributed by atoms with van der Waals surface area (Å²) in [5.74, 6) is -1.73. The minimum Gasteiger partial charge on any atom is -0.481 e. The predicted octanol–water partition coefficient (Wildman–Crippen LogP) is 4.78. The summed E-state index contributed by atoms with van der Waals surface area (Å²) < 4.78 is 0. The molecule has 4 nitrogen and oxygen atoms in total. The third-order valence-corrected chi connectivity index (χ3v) is 4.20. The van der Waals surface area contributed by atoms with Crippen LogP contribution in [0, 0.1) is 0 Å². The Morgan fingerprint density at radius 1 is 0.926 bits per heavy atom. The molecule has 140 valence electrons. The Morgan fingerprint density at radius 3 is 1.85 bits per heavy atom. The first-order chi connectivity index (χ1) is 12.8. The number of rotatable bonds is 8. The summed E-state index contributed by atoms with van der Waals surface area (Å²) in [7, 11) is 0. The molecular weight excluding hydrogens is 387 g/mol. The Balaban J connectivity index is 2.22. The number of carboxylic acid groups (broad SMARTS) is 1. The van der Waals surface area contributed by atoms with Crippen molar-refractivity contribution in [2.75, 3.05) is 0 Å². The fourth-order valence-electron chi connectivity index (χ4n) is 2.44. The maximum absolute atomic E-state index is 11.5. The lowest BCUT2D eigenvalue weighted by Gasteiger charge is -2.09. The van der Waals surface area contributed by atoms with Crippen LogP contribution in [-0.4, -0.2) is 28.1 Å². The molecule has 0 saturated heterocycles. The third kappa shape index (κ3) is 7.02. The fraction of sp³-hybridized carbons (Fsp3) is 0.143. The SMILES string of the molecule is O=C(O)CC(=O)CC(O)C=CC=C(c1ccc(Cl)cc1)c1ccc(Cl)cc1. The second-order valence-corrected chi connectivity index (χ2v) is 6.73. The lowest BCUT2D eigenvalue weighted by molar-refractivity contribution is -0.140. The normalized spacial score (nSPS) is 12.0. The van der Waals surface area contributed by atoms with Crippen molar-refractivity contribution < 1.29 is 19.8 Å². The van der Waals surface area contributed by atoms with E-state index in [1.807, 2.05) is 24.3 Å². The molecule has 27 heavy (non-hydrogen) atoms. The molecule has 0 aliphatic carbocycles. The van der Waals surface area contributed by atoms with E-state index in [4.69, 9.17) is 28.3 Å². The summed E-state index contributed by atoms with van der Waals surface area (Å²) in [6.45, 7) is 0. The number of halogens is 2. The van der Waals surface area contributed by atoms with Gasteiger partial charge in [-0.25, -0.2) is 0 Å². The molecule has 1 unspecified atom stereocenters. The van der Waals surface area contributed by atoms with Crippen molar-refractivity contribution in [1.29, 1.82) is 0 Å². The van der Waals surface area contributed by atoms with Gasteiger partial charge in [0.25, 0.3) is 0 Å². The molecule has 0 aliphatic heterocycles. The van der Waals surface area contributed by atoms with Crippen molar-refractivity contribution in [2.24, 2.45) is 0 Å². The van der Waals surface area contributed by atoms with Gasteiger partial charge in [-0.2, -0.15) is 0 Å². The lowest BCUT2D eigenvalue weighted by atomic mass is 9.97. The smallest absolute Gasteiger partial charge is 0.310 e. The number of carbonyl (C=O) groups is 2. The van der Waals surface area contributed by atoms with Crippen LogP contribution in [0.2, 0.25) is 10.0 Å². The summed E-state index contributed by atoms with van der Waals surface area (Å²) in [5.41, 5.74) is 2.72. The van der Waals surface area contributed by atoms with Crippen LogP contribution in [0.3, 0.4) is 0 Å². The predicted molar refractivity (Wildman–Crippen MR) is 107 cm³/mol. The maximum Gasteiger partial charge on any atom is 0.310 e. The van der Waals surface area contributed by atoms with Gasteiger partial charge in [0.05, 0.1) is 6.10 Å². The van der Waals surface area contributed by atoms with Gasteiger partial charge < -0.3 is 10.2 Å². The minimum atomic E-state index is -1.20. The Morgan fingerprint density at radius 2 is 1.41 bits per heavy atom. The van der Waals surface area contributed by atoms with E-state index in [1.165, 1.54) is 6.08 Å². The summed E-state index contributed by atoms with van der Waals surface area (Å²) in [6.07, 6.45) is 3.00. The average molecular weight is 405 g/mol. The van der Waals surface area contributed by atoms with E-state index in [9.17, 15) is 14.7 Å². The second kappa shape index (κ2) is 10.1. The van der Waals surface area contributed by atoms with Gasteiger partial charge in [0.15, 0.2) is 0 Å². The van der Waals surface area contributed by atoms with Crippen molar-refractivity contribution >= 4 is 40.5 Å². The van der Waals surface area contributed by atoms with Crippen LogP contribution in [0.5, 0.6) is 0 Å². The van der Waals surface area contributed by atoms with Crippen molar-refractivity contribution in [1.82, 2.24) is 0 Å². The molecule has 2 aromatic rings. The molecule has 0 spiro atoms. The van der Waals surface area contributed by atoms with Crippen molar-refractivity contribution in [2.45, 2.75) is 18.9 Å². The number of ketones is 1. The summed E-state index contributed by atoms with van der Waals surface area (Å²) in [6, 6.07) is 14.6. The highest BCUT2D eigenvalue weighted by Gasteiger charge is 2.11. The van der Waals surface area contributed by atoms with E-state index >= 15 is 0 Å². The van der Waals surface area contributed by atoms with Gasteiger partial charge >= 0.3 is 5.97 Å². The Hall–Kier alpha value is -2.40. The van der Waals surface area contributed by atoms with Gasteiger partial charge in [0.1, 0.15) is 12.2 Å². The van der Waals surface area contributed by atoms with Gasteiger partial charge in [-0.15, -0.1) is 0 Å². The Bertz CT molecular complexity index is 805. The number of allylic oxidation sites excluding steroid dienone is 2. The first-order valence-electron chi connectivity index (χ1n) is 8.17. The van der Waals surface area contributed by atoms with Crippen LogP contribution in [0.25, 0.3) is 5.57 Å². The molecule has 2 aromatic carbocycles. The minimum absolute atomic E-state index is 0.242. The number of hydrogen-bond acceptors (Lipinski definition) is 3. The zero-order valence-electron chi connectivity index (χ0n) is 14.3. The molecule has 2 rings (SSSR count). The van der Waals surface area contributed by atoms with Crippen molar-refractivity contribution in [3.63, 3.8) is 0 Å². The molecule has 0 fully saturated rings. The third-order valence-electron chi connectivity index (χ3n) is 3.69. The highest BCUT2D eigenvalue weighted by molar-refractivity contribution is 6.31. The van der Waals surface area contributed by atoms with Gasteiger partial charge in [-0.05, 0) is 41.0 Å². The van der Waals surface area contributed by atoms with E-state index in [0.717, 1.165) is 16.7 Å². The number of aliphatic carboxylic acids is 1. The number of benzene rings is 2. The average Bonchev–Trinajstić information content (AvgIpc) is 2.60.